The Bertz CT molecular complexity index is 566. The fourth-order valence-corrected chi connectivity index (χ4v) is 2.74. The van der Waals surface area contributed by atoms with Gasteiger partial charge in [-0.25, -0.2) is 0 Å². The van der Waals surface area contributed by atoms with Crippen LogP contribution in [0.1, 0.15) is 25.3 Å². The van der Waals surface area contributed by atoms with Crippen LogP contribution in [-0.4, -0.2) is 35.6 Å². The number of nitrogens with one attached hydrogen (secondary N) is 1. The third-order valence-electron chi connectivity index (χ3n) is 4.15. The molecule has 2 N–H and O–H groups in total. The standard InChI is InChI=1S/C16H20N2O3/c1-10(19)14(17-15(20)12-6-7-12)16(21)18-9-8-11-4-2-3-5-13(11)18/h2-5,10,12,14,19H,6-9H2,1H3,(H,17,20). The fourth-order valence-electron chi connectivity index (χ4n) is 2.74. The van der Waals surface area contributed by atoms with E-state index in [9.17, 15) is 14.7 Å². The summed E-state index contributed by atoms with van der Waals surface area (Å²) >= 11 is 0. The van der Waals surface area contributed by atoms with Gasteiger partial charge in [0.25, 0.3) is 5.91 Å². The molecular weight excluding hydrogens is 268 g/mol. The van der Waals surface area contributed by atoms with Crippen molar-refractivity contribution in [3.63, 3.8) is 0 Å². The molecule has 0 saturated heterocycles. The lowest BCUT2D eigenvalue weighted by atomic mass is 10.1. The molecule has 1 fully saturated rings. The minimum atomic E-state index is -0.909. The lowest BCUT2D eigenvalue weighted by Crippen LogP contribution is -2.54. The van der Waals surface area contributed by atoms with Crippen LogP contribution in [0.25, 0.3) is 0 Å². The Morgan fingerprint density at radius 3 is 2.71 bits per heavy atom. The van der Waals surface area contributed by atoms with Crippen LogP contribution in [0.3, 0.4) is 0 Å². The number of hydrogen-bond acceptors (Lipinski definition) is 3. The first-order chi connectivity index (χ1) is 10.1. The maximum absolute atomic E-state index is 12.7. The lowest BCUT2D eigenvalue weighted by molar-refractivity contribution is -0.130. The van der Waals surface area contributed by atoms with E-state index in [4.69, 9.17) is 0 Å². The van der Waals surface area contributed by atoms with E-state index in [1.807, 2.05) is 24.3 Å². The van der Waals surface area contributed by atoms with Crippen molar-refractivity contribution in [1.82, 2.24) is 5.32 Å². The Labute approximate surface area is 123 Å². The Morgan fingerprint density at radius 2 is 2.05 bits per heavy atom. The van der Waals surface area contributed by atoms with Gasteiger partial charge in [0, 0.05) is 18.2 Å². The quantitative estimate of drug-likeness (QED) is 0.863. The third-order valence-corrected chi connectivity index (χ3v) is 4.15. The van der Waals surface area contributed by atoms with Crippen molar-refractivity contribution in [3.8, 4) is 0 Å². The molecule has 21 heavy (non-hydrogen) atoms. The molecule has 1 aromatic rings. The zero-order valence-corrected chi connectivity index (χ0v) is 12.1. The summed E-state index contributed by atoms with van der Waals surface area (Å²) in [6.07, 6.45) is 1.65. The molecular formula is C16H20N2O3. The summed E-state index contributed by atoms with van der Waals surface area (Å²) in [7, 11) is 0. The van der Waals surface area contributed by atoms with Gasteiger partial charge in [-0.2, -0.15) is 0 Å². The van der Waals surface area contributed by atoms with Crippen LogP contribution in [0.5, 0.6) is 0 Å². The Morgan fingerprint density at radius 1 is 1.33 bits per heavy atom. The number of hydrogen-bond donors (Lipinski definition) is 2. The number of anilines is 1. The summed E-state index contributed by atoms with van der Waals surface area (Å²) in [5.41, 5.74) is 2.01. The second-order valence-electron chi connectivity index (χ2n) is 5.87. The normalized spacial score (nSPS) is 19.8. The molecule has 2 amide bonds. The second kappa shape index (κ2) is 5.48. The summed E-state index contributed by atoms with van der Waals surface area (Å²) in [5.74, 6) is -0.337. The molecule has 5 nitrogen and oxygen atoms in total. The Kier molecular flexibility index (Phi) is 3.68. The monoisotopic (exact) mass is 288 g/mol. The highest BCUT2D eigenvalue weighted by atomic mass is 16.3. The summed E-state index contributed by atoms with van der Waals surface area (Å²) in [4.78, 5) is 26.2. The topological polar surface area (TPSA) is 69.6 Å². The molecule has 1 aliphatic carbocycles. The van der Waals surface area contributed by atoms with Crippen LogP contribution in [-0.2, 0) is 16.0 Å². The molecule has 0 spiro atoms. The molecule has 0 aromatic heterocycles. The molecule has 2 atom stereocenters. The van der Waals surface area contributed by atoms with E-state index >= 15 is 0 Å². The van der Waals surface area contributed by atoms with Gasteiger partial charge in [-0.3, -0.25) is 9.59 Å². The average Bonchev–Trinajstić information content (AvgIpc) is 3.23. The second-order valence-corrected chi connectivity index (χ2v) is 5.87. The molecule has 2 aliphatic rings. The van der Waals surface area contributed by atoms with Gasteiger partial charge in [-0.05, 0) is 37.8 Å². The van der Waals surface area contributed by atoms with Crippen molar-refractivity contribution in [1.29, 1.82) is 0 Å². The minimum absolute atomic E-state index is 0.0184. The first kappa shape index (κ1) is 14.1. The van der Waals surface area contributed by atoms with E-state index in [-0.39, 0.29) is 17.7 Å². The first-order valence-electron chi connectivity index (χ1n) is 7.45. The summed E-state index contributed by atoms with van der Waals surface area (Å²) in [6, 6.07) is 6.88. The van der Waals surface area contributed by atoms with Crippen LogP contribution in [0.15, 0.2) is 24.3 Å². The highest BCUT2D eigenvalue weighted by Crippen LogP contribution is 2.30. The number of benzene rings is 1. The van der Waals surface area contributed by atoms with Crippen LogP contribution >= 0.6 is 0 Å². The Hall–Kier alpha value is -1.88. The molecule has 0 radical (unpaired) electrons. The van der Waals surface area contributed by atoms with Crippen LogP contribution < -0.4 is 10.2 Å². The van der Waals surface area contributed by atoms with Crippen LogP contribution in [0, 0.1) is 5.92 Å². The van der Waals surface area contributed by atoms with Gasteiger partial charge in [0.1, 0.15) is 6.04 Å². The van der Waals surface area contributed by atoms with Crippen molar-refractivity contribution in [3.05, 3.63) is 29.8 Å². The van der Waals surface area contributed by atoms with Crippen molar-refractivity contribution >= 4 is 17.5 Å². The smallest absolute Gasteiger partial charge is 0.252 e. The largest absolute Gasteiger partial charge is 0.391 e. The van der Waals surface area contributed by atoms with Crippen molar-refractivity contribution in [2.75, 3.05) is 11.4 Å². The van der Waals surface area contributed by atoms with Gasteiger partial charge in [0.2, 0.25) is 5.91 Å². The number of fused-ring (bicyclic) bond motifs is 1. The maximum Gasteiger partial charge on any atom is 0.252 e. The van der Waals surface area contributed by atoms with E-state index in [0.717, 1.165) is 30.5 Å². The Balaban J connectivity index is 1.77. The van der Waals surface area contributed by atoms with Crippen molar-refractivity contribution in [2.24, 2.45) is 5.92 Å². The van der Waals surface area contributed by atoms with Gasteiger partial charge in [0.15, 0.2) is 0 Å². The molecule has 1 saturated carbocycles. The predicted octanol–water partition coefficient (Wildman–Crippen LogP) is 0.851. The van der Waals surface area contributed by atoms with E-state index in [1.54, 1.807) is 4.90 Å². The molecule has 1 aliphatic heterocycles. The molecule has 112 valence electrons. The summed E-state index contributed by atoms with van der Waals surface area (Å²) in [6.45, 7) is 2.14. The molecule has 2 unspecified atom stereocenters. The van der Waals surface area contributed by atoms with E-state index < -0.39 is 12.1 Å². The number of amides is 2. The molecule has 1 aromatic carbocycles. The summed E-state index contributed by atoms with van der Waals surface area (Å²) < 4.78 is 0. The van der Waals surface area contributed by atoms with Crippen LogP contribution in [0.4, 0.5) is 5.69 Å². The van der Waals surface area contributed by atoms with Gasteiger partial charge in [-0.1, -0.05) is 18.2 Å². The molecule has 0 bridgehead atoms. The van der Waals surface area contributed by atoms with Crippen LogP contribution in [0.2, 0.25) is 0 Å². The zero-order valence-electron chi connectivity index (χ0n) is 12.1. The number of carbonyl (C=O) groups is 2. The molecule has 5 heteroatoms. The van der Waals surface area contributed by atoms with E-state index in [2.05, 4.69) is 5.32 Å². The molecule has 3 rings (SSSR count). The highest BCUT2D eigenvalue weighted by molar-refractivity contribution is 6.01. The number of para-hydroxylation sites is 1. The van der Waals surface area contributed by atoms with Gasteiger partial charge in [-0.15, -0.1) is 0 Å². The summed E-state index contributed by atoms with van der Waals surface area (Å²) in [5, 5.41) is 12.6. The fraction of sp³-hybridized carbons (Fsp3) is 0.500. The SMILES string of the molecule is CC(O)C(NC(=O)C1CC1)C(=O)N1CCc2ccccc21. The highest BCUT2D eigenvalue weighted by Gasteiger charge is 2.37. The lowest BCUT2D eigenvalue weighted by Gasteiger charge is -2.26. The number of aliphatic hydroxyl groups excluding tert-OH is 1. The number of nitrogens with zero attached hydrogens (tertiary/aromatic N) is 1. The van der Waals surface area contributed by atoms with Gasteiger partial charge < -0.3 is 15.3 Å². The van der Waals surface area contributed by atoms with Crippen molar-refractivity contribution in [2.45, 2.75) is 38.3 Å². The maximum atomic E-state index is 12.7. The number of aliphatic hydroxyl groups is 1. The minimum Gasteiger partial charge on any atom is -0.391 e. The zero-order chi connectivity index (χ0) is 15.0. The molecule has 1 heterocycles. The van der Waals surface area contributed by atoms with E-state index in [0.29, 0.717) is 6.54 Å². The van der Waals surface area contributed by atoms with Gasteiger partial charge >= 0.3 is 0 Å². The number of carbonyl (C=O) groups excluding carboxylic acids is 2. The first-order valence-corrected chi connectivity index (χ1v) is 7.45. The van der Waals surface area contributed by atoms with Crippen molar-refractivity contribution < 1.29 is 14.7 Å². The predicted molar refractivity (Wildman–Crippen MR) is 78.8 cm³/mol. The van der Waals surface area contributed by atoms with E-state index in [1.165, 1.54) is 6.92 Å². The van der Waals surface area contributed by atoms with Gasteiger partial charge in [0.05, 0.1) is 6.10 Å². The third kappa shape index (κ3) is 2.78. The average molecular weight is 288 g/mol. The number of rotatable bonds is 4.